The number of carbonyl (C=O) groups is 1. The summed E-state index contributed by atoms with van der Waals surface area (Å²) in [6.07, 6.45) is 1.30. The van der Waals surface area contributed by atoms with Gasteiger partial charge in [-0.15, -0.1) is 0 Å². The Labute approximate surface area is 215 Å². The van der Waals surface area contributed by atoms with Crippen LogP contribution in [0.2, 0.25) is 0 Å². The van der Waals surface area contributed by atoms with Crippen LogP contribution in [0.25, 0.3) is 11.2 Å². The number of anilines is 1. The molecule has 4 atom stereocenters. The van der Waals surface area contributed by atoms with Crippen molar-refractivity contribution in [2.75, 3.05) is 39.5 Å². The second-order valence-electron chi connectivity index (χ2n) is 9.94. The largest absolute Gasteiger partial charge is 0.445 e. The van der Waals surface area contributed by atoms with Crippen LogP contribution in [0.5, 0.6) is 0 Å². The number of benzene rings is 1. The highest BCUT2D eigenvalue weighted by Gasteiger charge is 2.56. The van der Waals surface area contributed by atoms with Crippen LogP contribution in [0.3, 0.4) is 0 Å². The lowest BCUT2D eigenvalue weighted by molar-refractivity contribution is -0.197. The van der Waals surface area contributed by atoms with Gasteiger partial charge in [0.1, 0.15) is 36.8 Å². The number of aromatic nitrogens is 4. The zero-order valence-electron chi connectivity index (χ0n) is 21.5. The fraction of sp³-hybridized carbons (Fsp3) is 0.520. The van der Waals surface area contributed by atoms with Crippen LogP contribution < -0.4 is 5.73 Å². The molecule has 0 radical (unpaired) electrons. The quantitative estimate of drug-likeness (QED) is 0.479. The third-order valence-electron chi connectivity index (χ3n) is 6.61. The highest BCUT2D eigenvalue weighted by molar-refractivity contribution is 5.81. The molecule has 1 aromatic carbocycles. The molecule has 12 heteroatoms. The number of fused-ring (bicyclic) bond motifs is 2. The standard InChI is InChI=1S/C25H33N7O5/c1-25(2)36-19-17(12-30(3)10-11-31(4)24(33)34-13-16-8-6-5-7-9-16)35-23(20(19)37-25)32-15-29-18-21(26)27-14-28-22(18)32/h5-9,14-15,17,19-20,23H,10-13H2,1-4H3,(H2,26,27,28)/t17-,19-,20-,23-/m1/s1. The summed E-state index contributed by atoms with van der Waals surface area (Å²) in [4.78, 5) is 28.8. The van der Waals surface area contributed by atoms with Crippen LogP contribution in [0.15, 0.2) is 43.0 Å². The highest BCUT2D eigenvalue weighted by atomic mass is 16.8. The summed E-state index contributed by atoms with van der Waals surface area (Å²) in [5, 5.41) is 0. The first-order valence-electron chi connectivity index (χ1n) is 12.3. The first-order chi connectivity index (χ1) is 17.7. The minimum atomic E-state index is -0.749. The van der Waals surface area contributed by atoms with Gasteiger partial charge in [-0.2, -0.15) is 0 Å². The molecular formula is C25H33N7O5. The molecule has 198 valence electrons. The Bertz CT molecular complexity index is 1240. The van der Waals surface area contributed by atoms with Crippen molar-refractivity contribution in [1.82, 2.24) is 29.3 Å². The number of ether oxygens (including phenoxy) is 4. The van der Waals surface area contributed by atoms with E-state index >= 15 is 0 Å². The maximum atomic E-state index is 12.4. The molecule has 2 fully saturated rings. The van der Waals surface area contributed by atoms with Crippen molar-refractivity contribution in [2.45, 2.75) is 50.8 Å². The van der Waals surface area contributed by atoms with Crippen LogP contribution in [-0.4, -0.2) is 93.2 Å². The van der Waals surface area contributed by atoms with Crippen molar-refractivity contribution in [3.05, 3.63) is 48.5 Å². The average Bonchev–Trinajstić information content (AvgIpc) is 3.53. The number of amides is 1. The predicted molar refractivity (Wildman–Crippen MR) is 134 cm³/mol. The van der Waals surface area contributed by atoms with Gasteiger partial charge in [0.2, 0.25) is 0 Å². The molecule has 1 amide bonds. The fourth-order valence-electron chi connectivity index (χ4n) is 4.73. The maximum Gasteiger partial charge on any atom is 0.409 e. The monoisotopic (exact) mass is 511 g/mol. The predicted octanol–water partition coefficient (Wildman–Crippen LogP) is 2.03. The van der Waals surface area contributed by atoms with Crippen LogP contribution in [0.1, 0.15) is 25.6 Å². The van der Waals surface area contributed by atoms with E-state index in [9.17, 15) is 4.79 Å². The van der Waals surface area contributed by atoms with Crippen molar-refractivity contribution in [2.24, 2.45) is 0 Å². The number of nitrogens with zero attached hydrogens (tertiary/aromatic N) is 6. The number of nitrogen functional groups attached to an aromatic ring is 1. The molecule has 0 spiro atoms. The maximum absolute atomic E-state index is 12.4. The lowest BCUT2D eigenvalue weighted by Gasteiger charge is -2.28. The van der Waals surface area contributed by atoms with E-state index in [1.54, 1.807) is 18.3 Å². The zero-order chi connectivity index (χ0) is 26.2. The van der Waals surface area contributed by atoms with Crippen LogP contribution in [0, 0.1) is 0 Å². The lowest BCUT2D eigenvalue weighted by Crippen LogP contribution is -2.41. The normalized spacial score (nSPS) is 24.5. The van der Waals surface area contributed by atoms with Gasteiger partial charge in [-0.05, 0) is 26.5 Å². The van der Waals surface area contributed by atoms with E-state index in [2.05, 4.69) is 19.9 Å². The average molecular weight is 512 g/mol. The van der Waals surface area contributed by atoms with Gasteiger partial charge in [-0.3, -0.25) is 4.57 Å². The van der Waals surface area contributed by atoms with Gasteiger partial charge >= 0.3 is 6.09 Å². The van der Waals surface area contributed by atoms with E-state index in [-0.39, 0.29) is 31.0 Å². The molecule has 0 aliphatic carbocycles. The SMILES string of the molecule is CN(CCN(C)C(=O)OCc1ccccc1)C[C@H]1O[C@@H](n2cnc3c(N)ncnc32)[C@@H]2OC(C)(C)O[C@@H]21. The number of nitrogens with two attached hydrogens (primary N) is 1. The highest BCUT2D eigenvalue weighted by Crippen LogP contribution is 2.44. The van der Waals surface area contributed by atoms with Gasteiger partial charge in [0.25, 0.3) is 0 Å². The molecule has 3 aromatic rings. The third-order valence-corrected chi connectivity index (χ3v) is 6.61. The van der Waals surface area contributed by atoms with E-state index in [4.69, 9.17) is 24.7 Å². The molecule has 2 saturated heterocycles. The molecule has 0 bridgehead atoms. The molecule has 4 heterocycles. The minimum Gasteiger partial charge on any atom is -0.445 e. The van der Waals surface area contributed by atoms with Crippen molar-refractivity contribution >= 4 is 23.1 Å². The van der Waals surface area contributed by atoms with Gasteiger partial charge in [0.05, 0.1) is 6.33 Å². The molecule has 0 unspecified atom stereocenters. The Morgan fingerprint density at radius 1 is 1.11 bits per heavy atom. The number of imidazole rings is 1. The molecule has 12 nitrogen and oxygen atoms in total. The summed E-state index contributed by atoms with van der Waals surface area (Å²) in [7, 11) is 3.71. The van der Waals surface area contributed by atoms with E-state index in [1.165, 1.54) is 6.33 Å². The van der Waals surface area contributed by atoms with Crippen molar-refractivity contribution in [1.29, 1.82) is 0 Å². The van der Waals surface area contributed by atoms with E-state index in [0.29, 0.717) is 36.6 Å². The fourth-order valence-corrected chi connectivity index (χ4v) is 4.73. The molecule has 0 saturated carbocycles. The van der Waals surface area contributed by atoms with E-state index < -0.39 is 12.0 Å². The Hall–Kier alpha value is -3.32. The number of carbonyl (C=O) groups excluding carboxylic acids is 1. The Morgan fingerprint density at radius 3 is 2.65 bits per heavy atom. The number of hydrogen-bond donors (Lipinski definition) is 1. The summed E-state index contributed by atoms with van der Waals surface area (Å²) in [6.45, 7) is 5.73. The summed E-state index contributed by atoms with van der Waals surface area (Å²) in [6, 6.07) is 9.61. The summed E-state index contributed by atoms with van der Waals surface area (Å²) >= 11 is 0. The smallest absolute Gasteiger partial charge is 0.409 e. The summed E-state index contributed by atoms with van der Waals surface area (Å²) < 4.78 is 26.2. The lowest BCUT2D eigenvalue weighted by atomic mass is 10.1. The van der Waals surface area contributed by atoms with Crippen molar-refractivity contribution in [3.8, 4) is 0 Å². The Morgan fingerprint density at radius 2 is 1.86 bits per heavy atom. The number of likely N-dealkylation sites (N-methyl/N-ethyl adjacent to an activating group) is 2. The van der Waals surface area contributed by atoms with Crippen LogP contribution in [0.4, 0.5) is 10.6 Å². The molecule has 5 rings (SSSR count). The van der Waals surface area contributed by atoms with E-state index in [0.717, 1.165) is 5.56 Å². The third kappa shape index (κ3) is 5.37. The second kappa shape index (κ2) is 10.2. The van der Waals surface area contributed by atoms with E-state index in [1.807, 2.05) is 55.8 Å². The summed E-state index contributed by atoms with van der Waals surface area (Å²) in [5.41, 5.74) is 8.02. The van der Waals surface area contributed by atoms with Crippen molar-refractivity contribution < 1.29 is 23.7 Å². The zero-order valence-corrected chi connectivity index (χ0v) is 21.5. The minimum absolute atomic E-state index is 0.243. The first-order valence-corrected chi connectivity index (χ1v) is 12.3. The van der Waals surface area contributed by atoms with Gasteiger partial charge in [-0.25, -0.2) is 19.7 Å². The molecule has 2 aromatic heterocycles. The molecule has 2 aliphatic heterocycles. The Kier molecular flexibility index (Phi) is 6.99. The number of rotatable bonds is 8. The van der Waals surface area contributed by atoms with Crippen molar-refractivity contribution in [3.63, 3.8) is 0 Å². The van der Waals surface area contributed by atoms with Gasteiger partial charge in [-0.1, -0.05) is 30.3 Å². The molecular weight excluding hydrogens is 478 g/mol. The van der Waals surface area contributed by atoms with Gasteiger partial charge < -0.3 is 34.5 Å². The van der Waals surface area contributed by atoms with Gasteiger partial charge in [0, 0.05) is 26.7 Å². The Balaban J connectivity index is 1.20. The molecule has 37 heavy (non-hydrogen) atoms. The second-order valence-corrected chi connectivity index (χ2v) is 9.94. The summed E-state index contributed by atoms with van der Waals surface area (Å²) in [5.74, 6) is -0.439. The van der Waals surface area contributed by atoms with Crippen LogP contribution in [-0.2, 0) is 25.6 Å². The molecule has 2 N–H and O–H groups in total. The first kappa shape index (κ1) is 25.3. The molecule has 2 aliphatic rings. The number of hydrogen-bond acceptors (Lipinski definition) is 10. The van der Waals surface area contributed by atoms with Gasteiger partial charge in [0.15, 0.2) is 23.5 Å². The van der Waals surface area contributed by atoms with Crippen LogP contribution >= 0.6 is 0 Å². The topological polar surface area (TPSA) is 130 Å².